The van der Waals surface area contributed by atoms with Gasteiger partial charge in [-0.3, -0.25) is 0 Å². The molecule has 2 aromatic rings. The van der Waals surface area contributed by atoms with Crippen LogP contribution in [0.2, 0.25) is 0 Å². The summed E-state index contributed by atoms with van der Waals surface area (Å²) in [6, 6.07) is 3.70. The lowest BCUT2D eigenvalue weighted by molar-refractivity contribution is 0.456. The molecule has 0 aliphatic carbocycles. The number of H-pyrrole nitrogens is 1. The van der Waals surface area contributed by atoms with Gasteiger partial charge in [0, 0.05) is 12.4 Å². The molecule has 4 nitrogen and oxygen atoms in total. The normalized spacial score (nSPS) is 10.1. The van der Waals surface area contributed by atoms with Gasteiger partial charge in [0.15, 0.2) is 0 Å². The summed E-state index contributed by atoms with van der Waals surface area (Å²) in [5, 5.41) is 9.42. The van der Waals surface area contributed by atoms with Gasteiger partial charge in [-0.05, 0) is 12.1 Å². The molecule has 0 atom stereocenters. The number of nitrogens with zero attached hydrogens (tertiary/aromatic N) is 1. The van der Waals surface area contributed by atoms with Crippen molar-refractivity contribution in [3.63, 3.8) is 0 Å². The Balaban J connectivity index is 2.55. The zero-order valence-corrected chi connectivity index (χ0v) is 6.32. The fourth-order valence-electron chi connectivity index (χ4n) is 1.12. The largest absolute Gasteiger partial charge is 0.537 e. The molecule has 2 rings (SSSR count). The second kappa shape index (κ2) is 2.87. The van der Waals surface area contributed by atoms with Gasteiger partial charge in [-0.2, -0.15) is 0 Å². The maximum atomic E-state index is 8.54. The molecule has 0 fully saturated rings. The van der Waals surface area contributed by atoms with E-state index in [-0.39, 0.29) is 7.69 Å². The van der Waals surface area contributed by atoms with Crippen molar-refractivity contribution in [1.29, 1.82) is 0 Å². The number of aromatic nitrogens is 2. The number of nitrogens with one attached hydrogen (secondary N) is 1. The number of pyridine rings is 1. The molecule has 2 heterocycles. The molecule has 0 amide bonds. The molecule has 0 unspecified atom stereocenters. The Labute approximate surface area is 69.5 Å². The molecule has 12 heavy (non-hydrogen) atoms. The van der Waals surface area contributed by atoms with Crippen LogP contribution in [0.1, 0.15) is 0 Å². The van der Waals surface area contributed by atoms with Crippen molar-refractivity contribution in [2.45, 2.75) is 0 Å². The number of aromatic amines is 1. The molecular formula is C7H7BN2O2. The summed E-state index contributed by atoms with van der Waals surface area (Å²) in [6.45, 7) is 0. The first-order valence-corrected chi connectivity index (χ1v) is 3.57. The Bertz CT molecular complexity index is 388. The first kappa shape index (κ1) is 7.18. The molecule has 0 aliphatic heterocycles. The van der Waals surface area contributed by atoms with Crippen molar-refractivity contribution in [2.75, 3.05) is 0 Å². The van der Waals surface area contributed by atoms with Gasteiger partial charge < -0.3 is 14.7 Å². The fourth-order valence-corrected chi connectivity index (χ4v) is 1.12. The van der Waals surface area contributed by atoms with E-state index >= 15 is 0 Å². The monoisotopic (exact) mass is 162 g/mol. The van der Waals surface area contributed by atoms with E-state index in [0.717, 1.165) is 11.0 Å². The van der Waals surface area contributed by atoms with Crippen LogP contribution in [0.15, 0.2) is 24.5 Å². The number of fused-ring (bicyclic) bond motifs is 1. The lowest BCUT2D eigenvalue weighted by Gasteiger charge is -1.96. The molecule has 0 spiro atoms. The van der Waals surface area contributed by atoms with Gasteiger partial charge in [0.25, 0.3) is 0 Å². The molecule has 0 aromatic carbocycles. The Hall–Kier alpha value is -1.49. The smallest absolute Gasteiger partial charge is 0.504 e. The minimum atomic E-state index is -0.318. The fraction of sp³-hybridized carbons (Fsp3) is 0. The third-order valence-corrected chi connectivity index (χ3v) is 1.63. The Kier molecular flexibility index (Phi) is 1.71. The van der Waals surface area contributed by atoms with Crippen LogP contribution in [-0.2, 0) is 0 Å². The number of hydrogen-bond acceptors (Lipinski definition) is 3. The summed E-state index contributed by atoms with van der Waals surface area (Å²) in [5.41, 5.74) is 0.765. The van der Waals surface area contributed by atoms with E-state index in [9.17, 15) is 0 Å². The Morgan fingerprint density at radius 1 is 1.58 bits per heavy atom. The molecule has 2 aromatic heterocycles. The van der Waals surface area contributed by atoms with E-state index in [0.29, 0.717) is 5.75 Å². The number of hydrogen-bond donors (Lipinski definition) is 2. The number of rotatable bonds is 2. The van der Waals surface area contributed by atoms with Gasteiger partial charge in [0.1, 0.15) is 11.4 Å². The predicted molar refractivity (Wildman–Crippen MR) is 46.1 cm³/mol. The molecule has 0 radical (unpaired) electrons. The maximum absolute atomic E-state index is 8.54. The zero-order valence-electron chi connectivity index (χ0n) is 6.32. The van der Waals surface area contributed by atoms with Crippen LogP contribution >= 0.6 is 0 Å². The third kappa shape index (κ3) is 1.04. The molecule has 0 aliphatic rings. The van der Waals surface area contributed by atoms with Crippen molar-refractivity contribution >= 4 is 18.7 Å². The van der Waals surface area contributed by atoms with E-state index in [2.05, 4.69) is 9.97 Å². The third-order valence-electron chi connectivity index (χ3n) is 1.63. The Morgan fingerprint density at radius 3 is 3.33 bits per heavy atom. The van der Waals surface area contributed by atoms with E-state index in [1.807, 2.05) is 12.1 Å². The highest BCUT2D eigenvalue weighted by molar-refractivity contribution is 6.18. The van der Waals surface area contributed by atoms with Gasteiger partial charge in [0.05, 0.1) is 5.39 Å². The minimum absolute atomic E-state index is 0.318. The lowest BCUT2D eigenvalue weighted by Crippen LogP contribution is -1.98. The summed E-state index contributed by atoms with van der Waals surface area (Å²) in [4.78, 5) is 6.99. The van der Waals surface area contributed by atoms with Crippen LogP contribution in [0.3, 0.4) is 0 Å². The molecule has 5 heteroatoms. The van der Waals surface area contributed by atoms with E-state index in [1.54, 1.807) is 12.4 Å². The summed E-state index contributed by atoms with van der Waals surface area (Å²) in [5.74, 6) is 0.626. The topological polar surface area (TPSA) is 58.1 Å². The summed E-state index contributed by atoms with van der Waals surface area (Å²) in [7, 11) is -0.318. The quantitative estimate of drug-likeness (QED) is 0.620. The zero-order chi connectivity index (χ0) is 8.39. The second-order valence-electron chi connectivity index (χ2n) is 2.33. The standard InChI is InChI=1S/C7H7BN2O2/c11-8-12-6-4-10-7-5(6)2-1-3-9-7/h1-4,8,11H,(H,9,10). The molecule has 60 valence electrons. The Morgan fingerprint density at radius 2 is 2.50 bits per heavy atom. The first-order chi connectivity index (χ1) is 5.92. The van der Waals surface area contributed by atoms with Crippen LogP contribution in [0.25, 0.3) is 11.0 Å². The summed E-state index contributed by atoms with van der Waals surface area (Å²) in [6.07, 6.45) is 3.37. The lowest BCUT2D eigenvalue weighted by atomic mass is 10.3. The van der Waals surface area contributed by atoms with Crippen LogP contribution in [0.5, 0.6) is 5.75 Å². The van der Waals surface area contributed by atoms with Crippen molar-refractivity contribution in [1.82, 2.24) is 9.97 Å². The highest BCUT2D eigenvalue weighted by Crippen LogP contribution is 2.22. The van der Waals surface area contributed by atoms with Crippen LogP contribution in [0, 0.1) is 0 Å². The van der Waals surface area contributed by atoms with Gasteiger partial charge in [-0.25, -0.2) is 4.98 Å². The van der Waals surface area contributed by atoms with Crippen LogP contribution in [0.4, 0.5) is 0 Å². The van der Waals surface area contributed by atoms with Gasteiger partial charge in [-0.15, -0.1) is 0 Å². The maximum Gasteiger partial charge on any atom is 0.504 e. The highest BCUT2D eigenvalue weighted by atomic mass is 16.5. The first-order valence-electron chi connectivity index (χ1n) is 3.57. The summed E-state index contributed by atoms with van der Waals surface area (Å²) >= 11 is 0. The van der Waals surface area contributed by atoms with Crippen LogP contribution in [-0.4, -0.2) is 22.7 Å². The predicted octanol–water partition coefficient (Wildman–Crippen LogP) is 0.201. The van der Waals surface area contributed by atoms with Crippen molar-refractivity contribution < 1.29 is 9.68 Å². The molecule has 0 saturated carbocycles. The van der Waals surface area contributed by atoms with Gasteiger partial charge in [-0.1, -0.05) is 0 Å². The molecular weight excluding hydrogens is 155 g/mol. The molecule has 0 bridgehead atoms. The van der Waals surface area contributed by atoms with Gasteiger partial charge in [0.2, 0.25) is 0 Å². The van der Waals surface area contributed by atoms with Crippen molar-refractivity contribution in [3.05, 3.63) is 24.5 Å². The van der Waals surface area contributed by atoms with Crippen LogP contribution < -0.4 is 4.65 Å². The SMILES string of the molecule is OBOc1c[nH]c2ncccc12. The van der Waals surface area contributed by atoms with E-state index < -0.39 is 0 Å². The van der Waals surface area contributed by atoms with Gasteiger partial charge >= 0.3 is 7.69 Å². The highest BCUT2D eigenvalue weighted by Gasteiger charge is 2.03. The average molecular weight is 162 g/mol. The summed E-state index contributed by atoms with van der Waals surface area (Å²) < 4.78 is 4.94. The molecule has 0 saturated heterocycles. The average Bonchev–Trinajstić information content (AvgIpc) is 2.50. The van der Waals surface area contributed by atoms with E-state index in [4.69, 9.17) is 9.68 Å². The van der Waals surface area contributed by atoms with Crippen molar-refractivity contribution in [3.8, 4) is 5.75 Å². The van der Waals surface area contributed by atoms with E-state index in [1.165, 1.54) is 0 Å². The minimum Gasteiger partial charge on any atom is -0.537 e. The molecule has 2 N–H and O–H groups in total. The second-order valence-corrected chi connectivity index (χ2v) is 2.33. The van der Waals surface area contributed by atoms with Crippen molar-refractivity contribution in [2.24, 2.45) is 0 Å².